The number of amides is 3. The molecule has 11 nitrogen and oxygen atoms in total. The standard InChI is InChI=1S/C25H28N8O3/c1-18(34)26-11-12-27-20-17-21(30-23(29-20)19-7-3-2-4-8-19)31-24(35)25(36)33-15-13-32(14-16-33)22-9-5-6-10-28-22/h2-10,17H,11-16H2,1H3,(H,26,34)(H2,27,29,30,31,35). The Kier molecular flexibility index (Phi) is 8.01. The highest BCUT2D eigenvalue weighted by molar-refractivity contribution is 6.39. The molecule has 3 heterocycles. The predicted molar refractivity (Wildman–Crippen MR) is 136 cm³/mol. The first-order chi connectivity index (χ1) is 17.5. The largest absolute Gasteiger partial charge is 0.368 e. The number of nitrogens with one attached hydrogen (secondary N) is 3. The van der Waals surface area contributed by atoms with Gasteiger partial charge in [-0.2, -0.15) is 0 Å². The Bertz CT molecular complexity index is 1200. The first kappa shape index (κ1) is 24.6. The first-order valence-corrected chi connectivity index (χ1v) is 11.7. The zero-order valence-corrected chi connectivity index (χ0v) is 20.0. The zero-order valence-electron chi connectivity index (χ0n) is 20.0. The molecule has 3 amide bonds. The molecule has 0 atom stereocenters. The van der Waals surface area contributed by atoms with E-state index >= 15 is 0 Å². The van der Waals surface area contributed by atoms with Crippen LogP contribution in [0.25, 0.3) is 11.4 Å². The van der Waals surface area contributed by atoms with Crippen LogP contribution >= 0.6 is 0 Å². The molecule has 1 fully saturated rings. The van der Waals surface area contributed by atoms with Crippen molar-refractivity contribution >= 4 is 35.2 Å². The molecule has 3 aromatic rings. The summed E-state index contributed by atoms with van der Waals surface area (Å²) >= 11 is 0. The molecule has 0 radical (unpaired) electrons. The normalized spacial score (nSPS) is 13.1. The maximum Gasteiger partial charge on any atom is 0.315 e. The van der Waals surface area contributed by atoms with Crippen LogP contribution < -0.4 is 20.9 Å². The van der Waals surface area contributed by atoms with Crippen LogP contribution in [0.3, 0.4) is 0 Å². The molecule has 2 aromatic heterocycles. The van der Waals surface area contributed by atoms with E-state index in [0.717, 1.165) is 11.4 Å². The van der Waals surface area contributed by atoms with E-state index in [1.807, 2.05) is 48.5 Å². The van der Waals surface area contributed by atoms with Crippen molar-refractivity contribution in [1.82, 2.24) is 25.2 Å². The molecule has 11 heteroatoms. The quantitative estimate of drug-likeness (QED) is 0.336. The fourth-order valence-electron chi connectivity index (χ4n) is 3.74. The van der Waals surface area contributed by atoms with Gasteiger partial charge in [0.05, 0.1) is 0 Å². The smallest absolute Gasteiger partial charge is 0.315 e. The van der Waals surface area contributed by atoms with Crippen molar-refractivity contribution in [3.8, 4) is 11.4 Å². The summed E-state index contributed by atoms with van der Waals surface area (Å²) in [6.45, 7) is 4.29. The van der Waals surface area contributed by atoms with Gasteiger partial charge in [0.2, 0.25) is 5.91 Å². The van der Waals surface area contributed by atoms with Crippen molar-refractivity contribution in [3.05, 3.63) is 60.8 Å². The molecule has 0 saturated carbocycles. The average molecular weight is 489 g/mol. The molecule has 0 aliphatic carbocycles. The van der Waals surface area contributed by atoms with Crippen molar-refractivity contribution in [2.24, 2.45) is 0 Å². The van der Waals surface area contributed by atoms with E-state index in [-0.39, 0.29) is 11.7 Å². The van der Waals surface area contributed by atoms with Crippen molar-refractivity contribution in [3.63, 3.8) is 0 Å². The van der Waals surface area contributed by atoms with Gasteiger partial charge in [0, 0.05) is 64.0 Å². The second kappa shape index (κ2) is 11.7. The second-order valence-corrected chi connectivity index (χ2v) is 8.16. The van der Waals surface area contributed by atoms with Crippen LogP contribution in [-0.2, 0) is 14.4 Å². The number of carbonyl (C=O) groups is 3. The predicted octanol–water partition coefficient (Wildman–Crippen LogP) is 1.37. The number of benzene rings is 1. The van der Waals surface area contributed by atoms with Gasteiger partial charge in [0.15, 0.2) is 5.82 Å². The molecule has 186 valence electrons. The third-order valence-electron chi connectivity index (χ3n) is 5.54. The van der Waals surface area contributed by atoms with Gasteiger partial charge in [-0.1, -0.05) is 36.4 Å². The molecular weight excluding hydrogens is 460 g/mol. The van der Waals surface area contributed by atoms with Gasteiger partial charge in [0.25, 0.3) is 0 Å². The summed E-state index contributed by atoms with van der Waals surface area (Å²) in [5.74, 6) is 0.404. The number of hydrogen-bond acceptors (Lipinski definition) is 8. The molecule has 36 heavy (non-hydrogen) atoms. The highest BCUT2D eigenvalue weighted by Crippen LogP contribution is 2.20. The van der Waals surface area contributed by atoms with E-state index in [1.165, 1.54) is 11.8 Å². The van der Waals surface area contributed by atoms with Crippen LogP contribution in [0.15, 0.2) is 60.8 Å². The van der Waals surface area contributed by atoms with E-state index in [2.05, 4.69) is 35.8 Å². The summed E-state index contributed by atoms with van der Waals surface area (Å²) in [5, 5.41) is 8.44. The van der Waals surface area contributed by atoms with Gasteiger partial charge in [-0.25, -0.2) is 15.0 Å². The van der Waals surface area contributed by atoms with Gasteiger partial charge < -0.3 is 25.8 Å². The molecular formula is C25H28N8O3. The van der Waals surface area contributed by atoms with Crippen LogP contribution in [-0.4, -0.2) is 76.8 Å². The lowest BCUT2D eigenvalue weighted by Crippen LogP contribution is -2.51. The van der Waals surface area contributed by atoms with Crippen LogP contribution in [0.2, 0.25) is 0 Å². The zero-order chi connectivity index (χ0) is 25.3. The van der Waals surface area contributed by atoms with Crippen LogP contribution in [0.4, 0.5) is 17.5 Å². The van der Waals surface area contributed by atoms with Crippen LogP contribution in [0.5, 0.6) is 0 Å². The SMILES string of the molecule is CC(=O)NCCNc1cc(NC(=O)C(=O)N2CCN(c3ccccn3)CC2)nc(-c2ccccc2)n1. The third kappa shape index (κ3) is 6.53. The van der Waals surface area contributed by atoms with E-state index in [9.17, 15) is 14.4 Å². The summed E-state index contributed by atoms with van der Waals surface area (Å²) < 4.78 is 0. The number of hydrogen-bond donors (Lipinski definition) is 3. The molecule has 0 spiro atoms. The fraction of sp³-hybridized carbons (Fsp3) is 0.280. The third-order valence-corrected chi connectivity index (χ3v) is 5.54. The topological polar surface area (TPSA) is 132 Å². The first-order valence-electron chi connectivity index (χ1n) is 11.7. The number of anilines is 3. The van der Waals surface area contributed by atoms with E-state index in [0.29, 0.717) is 50.9 Å². The number of nitrogens with zero attached hydrogens (tertiary/aromatic N) is 5. The minimum Gasteiger partial charge on any atom is -0.368 e. The number of carbonyl (C=O) groups excluding carboxylic acids is 3. The molecule has 0 bridgehead atoms. The van der Waals surface area contributed by atoms with Gasteiger partial charge in [0.1, 0.15) is 17.5 Å². The van der Waals surface area contributed by atoms with Crippen LogP contribution in [0, 0.1) is 0 Å². The molecule has 0 unspecified atom stereocenters. The summed E-state index contributed by atoms with van der Waals surface area (Å²) in [6, 6.07) is 16.6. The highest BCUT2D eigenvalue weighted by Gasteiger charge is 2.27. The lowest BCUT2D eigenvalue weighted by molar-refractivity contribution is -0.143. The summed E-state index contributed by atoms with van der Waals surface area (Å²) in [4.78, 5) is 53.6. The fourth-order valence-corrected chi connectivity index (χ4v) is 3.74. The number of piperazine rings is 1. The van der Waals surface area contributed by atoms with Gasteiger partial charge in [-0.3, -0.25) is 14.4 Å². The Hall–Kier alpha value is -4.54. The van der Waals surface area contributed by atoms with Crippen LogP contribution in [0.1, 0.15) is 6.92 Å². The van der Waals surface area contributed by atoms with Crippen molar-refractivity contribution < 1.29 is 14.4 Å². The number of pyridine rings is 1. The van der Waals surface area contributed by atoms with Crippen molar-refractivity contribution in [1.29, 1.82) is 0 Å². The van der Waals surface area contributed by atoms with E-state index < -0.39 is 11.8 Å². The molecule has 4 rings (SSSR count). The van der Waals surface area contributed by atoms with E-state index in [4.69, 9.17) is 0 Å². The second-order valence-electron chi connectivity index (χ2n) is 8.16. The Morgan fingerprint density at radius 2 is 1.61 bits per heavy atom. The van der Waals surface area contributed by atoms with Gasteiger partial charge in [-0.15, -0.1) is 0 Å². The molecule has 1 aliphatic heterocycles. The minimum absolute atomic E-state index is 0.128. The van der Waals surface area contributed by atoms with Gasteiger partial charge >= 0.3 is 11.8 Å². The molecule has 1 aromatic carbocycles. The van der Waals surface area contributed by atoms with Gasteiger partial charge in [-0.05, 0) is 12.1 Å². The minimum atomic E-state index is -0.761. The summed E-state index contributed by atoms with van der Waals surface area (Å²) in [7, 11) is 0. The van der Waals surface area contributed by atoms with Crippen molar-refractivity contribution in [2.45, 2.75) is 6.92 Å². The number of rotatable bonds is 7. The Morgan fingerprint density at radius 3 is 2.31 bits per heavy atom. The maximum atomic E-state index is 12.8. The lowest BCUT2D eigenvalue weighted by Gasteiger charge is -2.34. The summed E-state index contributed by atoms with van der Waals surface area (Å²) in [6.07, 6.45) is 1.73. The molecule has 1 aliphatic rings. The maximum absolute atomic E-state index is 12.8. The average Bonchev–Trinajstić information content (AvgIpc) is 2.91. The summed E-state index contributed by atoms with van der Waals surface area (Å²) in [5.41, 5.74) is 0.760. The monoisotopic (exact) mass is 488 g/mol. The van der Waals surface area contributed by atoms with Crippen molar-refractivity contribution in [2.75, 3.05) is 54.8 Å². The Balaban J connectivity index is 1.42. The molecule has 3 N–H and O–H groups in total. The number of aromatic nitrogens is 3. The Morgan fingerprint density at radius 1 is 0.889 bits per heavy atom. The highest BCUT2D eigenvalue weighted by atomic mass is 16.2. The Labute approximate surface area is 209 Å². The molecule has 1 saturated heterocycles. The van der Waals surface area contributed by atoms with E-state index in [1.54, 1.807) is 12.3 Å². The lowest BCUT2D eigenvalue weighted by atomic mass is 10.2.